The van der Waals surface area contributed by atoms with Crippen LogP contribution in [-0.4, -0.2) is 13.4 Å². The average molecular weight is 405 g/mol. The first kappa shape index (κ1) is 17.7. The molecular weight excluding hydrogens is 397 g/mol. The van der Waals surface area contributed by atoms with Crippen LogP contribution in [0.2, 0.25) is 5.02 Å². The van der Waals surface area contributed by atoms with E-state index < -0.39 is 27.5 Å². The molecule has 1 heterocycles. The molecule has 0 aliphatic rings. The van der Waals surface area contributed by atoms with Gasteiger partial charge < -0.3 is 0 Å². The zero-order valence-electron chi connectivity index (χ0n) is 12.1. The molecule has 1 N–H and O–H groups in total. The third-order valence-electron chi connectivity index (χ3n) is 3.13. The zero-order valence-corrected chi connectivity index (χ0v) is 14.5. The molecule has 0 amide bonds. The summed E-state index contributed by atoms with van der Waals surface area (Å²) in [6, 6.07) is 6.16. The second-order valence-electron chi connectivity index (χ2n) is 4.81. The number of rotatable bonds is 4. The van der Waals surface area contributed by atoms with Crippen molar-refractivity contribution in [2.24, 2.45) is 0 Å². The summed E-state index contributed by atoms with van der Waals surface area (Å²) in [5, 5.41) is 0.897. The lowest BCUT2D eigenvalue weighted by molar-refractivity contribution is 0.589. The van der Waals surface area contributed by atoms with Gasteiger partial charge in [-0.05, 0) is 30.3 Å². The molecule has 10 heteroatoms. The first-order chi connectivity index (χ1) is 11.8. The highest BCUT2D eigenvalue weighted by molar-refractivity contribution is 7.93. The minimum atomic E-state index is -4.14. The lowest BCUT2D eigenvalue weighted by atomic mass is 10.1. The van der Waals surface area contributed by atoms with Crippen molar-refractivity contribution in [1.29, 1.82) is 0 Å². The summed E-state index contributed by atoms with van der Waals surface area (Å²) in [4.78, 5) is 3.55. The molecule has 3 aromatic rings. The van der Waals surface area contributed by atoms with Crippen LogP contribution in [0.3, 0.4) is 0 Å². The molecule has 4 nitrogen and oxygen atoms in total. The van der Waals surface area contributed by atoms with Crippen molar-refractivity contribution in [3.05, 3.63) is 64.3 Å². The third-order valence-corrected chi connectivity index (χ3v) is 5.84. The Morgan fingerprint density at radius 1 is 1.08 bits per heavy atom. The van der Waals surface area contributed by atoms with Crippen molar-refractivity contribution < 1.29 is 21.6 Å². The highest BCUT2D eigenvalue weighted by atomic mass is 35.5. The van der Waals surface area contributed by atoms with Crippen LogP contribution in [0.15, 0.2) is 46.7 Å². The summed E-state index contributed by atoms with van der Waals surface area (Å²) in [7, 11) is -4.14. The molecule has 0 radical (unpaired) electrons. The maximum Gasteiger partial charge on any atom is 0.265 e. The van der Waals surface area contributed by atoms with E-state index in [9.17, 15) is 21.6 Å². The van der Waals surface area contributed by atoms with Crippen molar-refractivity contribution in [3.63, 3.8) is 0 Å². The minimum absolute atomic E-state index is 0.0523. The van der Waals surface area contributed by atoms with Crippen LogP contribution in [-0.2, 0) is 10.0 Å². The molecule has 0 aliphatic carbocycles. The topological polar surface area (TPSA) is 59.1 Å². The van der Waals surface area contributed by atoms with Crippen molar-refractivity contribution in [2.45, 2.75) is 4.90 Å². The highest BCUT2D eigenvalue weighted by Gasteiger charge is 2.21. The Morgan fingerprint density at radius 2 is 1.76 bits per heavy atom. The van der Waals surface area contributed by atoms with Crippen LogP contribution in [0.25, 0.3) is 11.3 Å². The summed E-state index contributed by atoms with van der Waals surface area (Å²) < 4.78 is 67.4. The Hall–Kier alpha value is -2.10. The summed E-state index contributed by atoms with van der Waals surface area (Å²) in [5.41, 5.74) is -0.410. The molecule has 0 atom stereocenters. The Labute approximate surface area is 150 Å². The summed E-state index contributed by atoms with van der Waals surface area (Å²) in [6.07, 6.45) is 0. The summed E-state index contributed by atoms with van der Waals surface area (Å²) in [5.74, 6) is -2.32. The molecule has 25 heavy (non-hydrogen) atoms. The Morgan fingerprint density at radius 3 is 2.40 bits per heavy atom. The van der Waals surface area contributed by atoms with Gasteiger partial charge in [-0.25, -0.2) is 26.6 Å². The largest absolute Gasteiger partial charge is 0.265 e. The van der Waals surface area contributed by atoms with Gasteiger partial charge in [0.2, 0.25) is 0 Å². The SMILES string of the molecule is O=S(=O)(Nc1nc(-c2c(F)cccc2F)cs1)c1ccc(F)cc1Cl. The van der Waals surface area contributed by atoms with E-state index in [0.717, 1.165) is 41.7 Å². The van der Waals surface area contributed by atoms with Gasteiger partial charge in [0.15, 0.2) is 5.13 Å². The van der Waals surface area contributed by atoms with Crippen LogP contribution in [0.5, 0.6) is 0 Å². The van der Waals surface area contributed by atoms with E-state index in [1.807, 2.05) is 0 Å². The summed E-state index contributed by atoms with van der Waals surface area (Å²) >= 11 is 6.59. The molecule has 130 valence electrons. The van der Waals surface area contributed by atoms with Crippen LogP contribution in [0.4, 0.5) is 18.3 Å². The van der Waals surface area contributed by atoms with Gasteiger partial charge in [-0.2, -0.15) is 0 Å². The van der Waals surface area contributed by atoms with E-state index in [-0.39, 0.29) is 26.3 Å². The number of hydrogen-bond donors (Lipinski definition) is 1. The third kappa shape index (κ3) is 3.63. The van der Waals surface area contributed by atoms with E-state index >= 15 is 0 Å². The lowest BCUT2D eigenvalue weighted by Crippen LogP contribution is -2.13. The fraction of sp³-hybridized carbons (Fsp3) is 0. The maximum atomic E-state index is 13.8. The van der Waals surface area contributed by atoms with Gasteiger partial charge in [0, 0.05) is 5.38 Å². The fourth-order valence-electron chi connectivity index (χ4n) is 2.04. The number of aromatic nitrogens is 1. The van der Waals surface area contributed by atoms with Gasteiger partial charge in [-0.1, -0.05) is 17.7 Å². The first-order valence-electron chi connectivity index (χ1n) is 6.66. The van der Waals surface area contributed by atoms with E-state index in [2.05, 4.69) is 9.71 Å². The molecule has 0 saturated carbocycles. The van der Waals surface area contributed by atoms with Gasteiger partial charge >= 0.3 is 0 Å². The quantitative estimate of drug-likeness (QED) is 0.686. The molecule has 0 fully saturated rings. The van der Waals surface area contributed by atoms with Gasteiger partial charge in [0.25, 0.3) is 10.0 Å². The fourth-order valence-corrected chi connectivity index (χ4v) is 4.53. The minimum Gasteiger partial charge on any atom is -0.255 e. The maximum absolute atomic E-state index is 13.8. The summed E-state index contributed by atoms with van der Waals surface area (Å²) in [6.45, 7) is 0. The number of hydrogen-bond acceptors (Lipinski definition) is 4. The Bertz CT molecular complexity index is 1030. The lowest BCUT2D eigenvalue weighted by Gasteiger charge is -2.07. The van der Waals surface area contributed by atoms with Crippen LogP contribution in [0, 0.1) is 17.5 Å². The average Bonchev–Trinajstić information content (AvgIpc) is 2.94. The van der Waals surface area contributed by atoms with Crippen molar-refractivity contribution >= 4 is 38.1 Å². The molecule has 2 aromatic carbocycles. The normalized spacial score (nSPS) is 11.5. The predicted molar refractivity (Wildman–Crippen MR) is 89.7 cm³/mol. The second kappa shape index (κ2) is 6.66. The van der Waals surface area contributed by atoms with Crippen LogP contribution < -0.4 is 4.72 Å². The molecular formula is C15H8ClF3N2O2S2. The Kier molecular flexibility index (Phi) is 4.72. The van der Waals surface area contributed by atoms with Gasteiger partial charge in [0.05, 0.1) is 16.3 Å². The number of anilines is 1. The van der Waals surface area contributed by atoms with Gasteiger partial charge in [-0.15, -0.1) is 11.3 Å². The van der Waals surface area contributed by atoms with Crippen molar-refractivity contribution in [1.82, 2.24) is 4.98 Å². The molecule has 0 aliphatic heterocycles. The number of sulfonamides is 1. The molecule has 3 rings (SSSR count). The van der Waals surface area contributed by atoms with E-state index in [1.165, 1.54) is 11.4 Å². The monoisotopic (exact) mass is 404 g/mol. The van der Waals surface area contributed by atoms with E-state index in [0.29, 0.717) is 0 Å². The van der Waals surface area contributed by atoms with Crippen molar-refractivity contribution in [3.8, 4) is 11.3 Å². The van der Waals surface area contributed by atoms with Gasteiger partial charge in [-0.3, -0.25) is 4.72 Å². The molecule has 0 saturated heterocycles. The zero-order chi connectivity index (χ0) is 18.2. The van der Waals surface area contributed by atoms with Crippen LogP contribution in [0.1, 0.15) is 0 Å². The number of nitrogens with zero attached hydrogens (tertiary/aromatic N) is 1. The highest BCUT2D eigenvalue weighted by Crippen LogP contribution is 2.31. The number of benzene rings is 2. The number of halogens is 4. The number of nitrogens with one attached hydrogen (secondary N) is 1. The standard InChI is InChI=1S/C15H8ClF3N2O2S2/c16-9-6-8(17)4-5-13(9)25(22,23)21-15-20-12(7-24-15)14-10(18)2-1-3-11(14)19/h1-7H,(H,20,21). The molecule has 0 bridgehead atoms. The molecule has 0 unspecified atom stereocenters. The van der Waals surface area contributed by atoms with E-state index in [1.54, 1.807) is 0 Å². The smallest absolute Gasteiger partial charge is 0.255 e. The molecule has 1 aromatic heterocycles. The molecule has 0 spiro atoms. The second-order valence-corrected chi connectivity index (χ2v) is 7.73. The van der Waals surface area contributed by atoms with Crippen LogP contribution >= 0.6 is 22.9 Å². The van der Waals surface area contributed by atoms with Crippen molar-refractivity contribution in [2.75, 3.05) is 4.72 Å². The number of thiazole rings is 1. The van der Waals surface area contributed by atoms with E-state index in [4.69, 9.17) is 11.6 Å². The first-order valence-corrected chi connectivity index (χ1v) is 9.40. The predicted octanol–water partition coefficient (Wildman–Crippen LogP) is 4.68. The Balaban J connectivity index is 1.93. The van der Waals surface area contributed by atoms with Gasteiger partial charge in [0.1, 0.15) is 22.3 Å².